The molecular weight excluding hydrogens is 304 g/mol. The Labute approximate surface area is 133 Å². The molecule has 1 aromatic heterocycles. The monoisotopic (exact) mass is 318 g/mol. The zero-order chi connectivity index (χ0) is 15.5. The van der Waals surface area contributed by atoms with Crippen LogP contribution in [-0.4, -0.2) is 29.2 Å². The summed E-state index contributed by atoms with van der Waals surface area (Å²) in [6.45, 7) is 2.78. The number of hydrogen-bond donors (Lipinski definition) is 1. The minimum atomic E-state index is -0.442. The summed E-state index contributed by atoms with van der Waals surface area (Å²) in [5.74, 6) is 0.775. The maximum Gasteiger partial charge on any atom is 0.415 e. The summed E-state index contributed by atoms with van der Waals surface area (Å²) in [4.78, 5) is 21.6. The number of cyclic esters (lactones) is 1. The van der Waals surface area contributed by atoms with Crippen LogP contribution in [-0.2, 0) is 4.74 Å². The number of halogens is 1. The van der Waals surface area contributed by atoms with Gasteiger partial charge in [-0.1, -0.05) is 41.9 Å². The lowest BCUT2D eigenvalue weighted by atomic mass is 10.1. The van der Waals surface area contributed by atoms with Crippen LogP contribution in [0, 0.1) is 0 Å². The van der Waals surface area contributed by atoms with Gasteiger partial charge in [0.15, 0.2) is 5.82 Å². The third-order valence-electron chi connectivity index (χ3n) is 3.39. The Bertz CT molecular complexity index is 680. The number of anilines is 2. The highest BCUT2D eigenvalue weighted by atomic mass is 35.5. The summed E-state index contributed by atoms with van der Waals surface area (Å²) in [6.07, 6.45) is 1.04. The van der Waals surface area contributed by atoms with Crippen molar-refractivity contribution in [1.29, 1.82) is 0 Å². The lowest BCUT2D eigenvalue weighted by Gasteiger charge is -2.17. The maximum absolute atomic E-state index is 11.6. The largest absolute Gasteiger partial charge is 0.447 e. The molecule has 1 amide bonds. The van der Waals surface area contributed by atoms with Crippen molar-refractivity contribution in [1.82, 2.24) is 9.97 Å². The number of nitrogens with one attached hydrogen (secondary N) is 1. The fourth-order valence-corrected chi connectivity index (χ4v) is 2.41. The summed E-state index contributed by atoms with van der Waals surface area (Å²) in [5.41, 5.74) is 1.11. The fraction of sp³-hybridized carbons (Fsp3) is 0.267. The molecule has 3 rings (SSSR count). The van der Waals surface area contributed by atoms with Gasteiger partial charge in [-0.3, -0.25) is 4.90 Å². The summed E-state index contributed by atoms with van der Waals surface area (Å²) < 4.78 is 4.91. The first kappa shape index (κ1) is 14.6. The average Bonchev–Trinajstić information content (AvgIpc) is 2.96. The van der Waals surface area contributed by atoms with E-state index in [1.54, 1.807) is 0 Å². The normalized spacial score (nSPS) is 15.5. The Kier molecular flexibility index (Phi) is 4.11. The minimum absolute atomic E-state index is 0.0285. The standard InChI is InChI=1S/C15H15ClN4O2/c1-10(11-5-3-2-4-6-11)18-14-17-9-12(16)13(19-14)20-7-8-22-15(20)21/h2-6,9-10H,7-8H2,1H3,(H,17,18,19)/t10-/m0/s1. The number of carbonyl (C=O) groups excluding carboxylic acids is 1. The van der Waals surface area contributed by atoms with Crippen molar-refractivity contribution in [2.75, 3.05) is 23.4 Å². The number of aromatic nitrogens is 2. The number of carbonyl (C=O) groups is 1. The number of amides is 1. The van der Waals surface area contributed by atoms with E-state index in [1.807, 2.05) is 37.3 Å². The van der Waals surface area contributed by atoms with Gasteiger partial charge in [0.1, 0.15) is 11.6 Å². The zero-order valence-corrected chi connectivity index (χ0v) is 12.7. The van der Waals surface area contributed by atoms with Crippen molar-refractivity contribution in [2.45, 2.75) is 13.0 Å². The van der Waals surface area contributed by atoms with E-state index >= 15 is 0 Å². The second kappa shape index (κ2) is 6.19. The van der Waals surface area contributed by atoms with Gasteiger partial charge in [0.25, 0.3) is 0 Å². The third-order valence-corrected chi connectivity index (χ3v) is 3.65. The van der Waals surface area contributed by atoms with E-state index in [0.717, 1.165) is 5.56 Å². The van der Waals surface area contributed by atoms with Crippen LogP contribution in [0.25, 0.3) is 0 Å². The molecule has 1 atom stereocenters. The van der Waals surface area contributed by atoms with Crippen molar-refractivity contribution in [2.24, 2.45) is 0 Å². The van der Waals surface area contributed by atoms with Gasteiger partial charge in [-0.05, 0) is 12.5 Å². The lowest BCUT2D eigenvalue weighted by molar-refractivity contribution is 0.181. The Morgan fingerprint density at radius 3 is 2.82 bits per heavy atom. The minimum Gasteiger partial charge on any atom is -0.447 e. The number of ether oxygens (including phenoxy) is 1. The molecule has 1 aliphatic heterocycles. The topological polar surface area (TPSA) is 67.3 Å². The van der Waals surface area contributed by atoms with Crippen LogP contribution in [0.15, 0.2) is 36.5 Å². The zero-order valence-electron chi connectivity index (χ0n) is 12.0. The molecule has 6 nitrogen and oxygen atoms in total. The molecule has 7 heteroatoms. The van der Waals surface area contributed by atoms with Gasteiger partial charge in [0, 0.05) is 0 Å². The molecule has 0 saturated carbocycles. The van der Waals surface area contributed by atoms with Gasteiger partial charge in [-0.25, -0.2) is 9.78 Å². The molecule has 1 aliphatic rings. The Morgan fingerprint density at radius 1 is 1.36 bits per heavy atom. The Balaban J connectivity index is 1.82. The van der Waals surface area contributed by atoms with Crippen LogP contribution >= 0.6 is 11.6 Å². The Hall–Kier alpha value is -2.34. The fourth-order valence-electron chi connectivity index (χ4n) is 2.22. The molecule has 1 fully saturated rings. The van der Waals surface area contributed by atoms with Gasteiger partial charge in [0.2, 0.25) is 5.95 Å². The average molecular weight is 319 g/mol. The third kappa shape index (κ3) is 2.96. The van der Waals surface area contributed by atoms with Gasteiger partial charge in [0.05, 0.1) is 18.8 Å². The summed E-state index contributed by atoms with van der Waals surface area (Å²) in [6, 6.07) is 9.98. The number of nitrogens with zero attached hydrogens (tertiary/aromatic N) is 3. The van der Waals surface area contributed by atoms with E-state index < -0.39 is 6.09 Å². The van der Waals surface area contributed by atoms with Crippen LogP contribution in [0.5, 0.6) is 0 Å². The van der Waals surface area contributed by atoms with E-state index in [0.29, 0.717) is 29.9 Å². The van der Waals surface area contributed by atoms with Gasteiger partial charge >= 0.3 is 6.09 Å². The molecule has 1 saturated heterocycles. The highest BCUT2D eigenvalue weighted by Crippen LogP contribution is 2.27. The van der Waals surface area contributed by atoms with Crippen LogP contribution < -0.4 is 10.2 Å². The summed E-state index contributed by atoms with van der Waals surface area (Å²) >= 11 is 6.09. The summed E-state index contributed by atoms with van der Waals surface area (Å²) in [7, 11) is 0. The molecule has 0 spiro atoms. The first-order valence-corrected chi connectivity index (χ1v) is 7.31. The molecule has 22 heavy (non-hydrogen) atoms. The molecule has 0 aliphatic carbocycles. The van der Waals surface area contributed by atoms with E-state index in [1.165, 1.54) is 11.1 Å². The molecule has 1 N–H and O–H groups in total. The second-order valence-electron chi connectivity index (χ2n) is 4.91. The van der Waals surface area contributed by atoms with Crippen LogP contribution in [0.1, 0.15) is 18.5 Å². The van der Waals surface area contributed by atoms with Crippen molar-refractivity contribution in [3.63, 3.8) is 0 Å². The first-order valence-electron chi connectivity index (χ1n) is 6.93. The molecule has 0 unspecified atom stereocenters. The van der Waals surface area contributed by atoms with Crippen molar-refractivity contribution >= 4 is 29.5 Å². The van der Waals surface area contributed by atoms with E-state index in [2.05, 4.69) is 15.3 Å². The number of rotatable bonds is 4. The Morgan fingerprint density at radius 2 is 2.14 bits per heavy atom. The smallest absolute Gasteiger partial charge is 0.415 e. The highest BCUT2D eigenvalue weighted by molar-refractivity contribution is 6.33. The van der Waals surface area contributed by atoms with E-state index in [4.69, 9.17) is 16.3 Å². The molecule has 1 aromatic carbocycles. The van der Waals surface area contributed by atoms with Crippen molar-refractivity contribution < 1.29 is 9.53 Å². The first-order chi connectivity index (χ1) is 10.6. The van der Waals surface area contributed by atoms with Crippen molar-refractivity contribution in [3.05, 3.63) is 47.1 Å². The van der Waals surface area contributed by atoms with E-state index in [-0.39, 0.29) is 6.04 Å². The lowest BCUT2D eigenvalue weighted by Crippen LogP contribution is -2.25. The molecule has 0 radical (unpaired) electrons. The molecule has 114 valence electrons. The molecule has 2 aromatic rings. The SMILES string of the molecule is C[C@H](Nc1ncc(Cl)c(N2CCOC2=O)n1)c1ccccc1. The predicted molar refractivity (Wildman–Crippen MR) is 84.2 cm³/mol. The van der Waals surface area contributed by atoms with Crippen molar-refractivity contribution in [3.8, 4) is 0 Å². The molecule has 0 bridgehead atoms. The number of hydrogen-bond acceptors (Lipinski definition) is 5. The van der Waals surface area contributed by atoms with Crippen LogP contribution in [0.4, 0.5) is 16.6 Å². The molecule has 2 heterocycles. The summed E-state index contributed by atoms with van der Waals surface area (Å²) in [5, 5.41) is 3.52. The van der Waals surface area contributed by atoms with E-state index in [9.17, 15) is 4.79 Å². The maximum atomic E-state index is 11.6. The number of benzene rings is 1. The highest BCUT2D eigenvalue weighted by Gasteiger charge is 2.27. The van der Waals surface area contributed by atoms with Crippen LogP contribution in [0.3, 0.4) is 0 Å². The van der Waals surface area contributed by atoms with Gasteiger partial charge in [-0.15, -0.1) is 0 Å². The van der Waals surface area contributed by atoms with Gasteiger partial charge < -0.3 is 10.1 Å². The van der Waals surface area contributed by atoms with Gasteiger partial charge in [-0.2, -0.15) is 4.98 Å². The molecular formula is C15H15ClN4O2. The predicted octanol–water partition coefficient (Wildman–Crippen LogP) is 3.26. The second-order valence-corrected chi connectivity index (χ2v) is 5.32. The van der Waals surface area contributed by atoms with Crippen LogP contribution in [0.2, 0.25) is 5.02 Å². The quantitative estimate of drug-likeness (QED) is 0.937.